The van der Waals surface area contributed by atoms with Gasteiger partial charge in [0.25, 0.3) is 0 Å². The molecule has 0 spiro atoms. The summed E-state index contributed by atoms with van der Waals surface area (Å²) >= 11 is -0.431. The maximum absolute atomic E-state index is 12.8. The van der Waals surface area contributed by atoms with E-state index in [4.69, 9.17) is 6.15 Å². The van der Waals surface area contributed by atoms with Gasteiger partial charge in [0.15, 0.2) is 0 Å². The summed E-state index contributed by atoms with van der Waals surface area (Å²) in [6, 6.07) is 0. The fourth-order valence-corrected chi connectivity index (χ4v) is 16.4. The Labute approximate surface area is 244 Å². The Kier molecular flexibility index (Phi) is 28.3. The fourth-order valence-electron chi connectivity index (χ4n) is 4.35. The Morgan fingerprint density at radius 2 is 0.811 bits per heavy atom. The van der Waals surface area contributed by atoms with Gasteiger partial charge in [-0.25, -0.2) is 0 Å². The van der Waals surface area contributed by atoms with E-state index in [9.17, 15) is 9.59 Å². The number of thioether (sulfide) groups is 2. The second kappa shape index (κ2) is 28.0. The van der Waals surface area contributed by atoms with Crippen LogP contribution in [0.25, 0.3) is 0 Å². The van der Waals surface area contributed by atoms with E-state index >= 15 is 0 Å². The molecule has 0 unspecified atom stereocenters. The van der Waals surface area contributed by atoms with Crippen LogP contribution in [0.4, 0.5) is 0 Å². The number of hydrogen-bond donors (Lipinski definition) is 0. The molecule has 0 bridgehead atoms. The van der Waals surface area contributed by atoms with Crippen molar-refractivity contribution in [3.8, 4) is 0 Å². The molecule has 0 saturated heterocycles. The van der Waals surface area contributed by atoms with Crippen molar-refractivity contribution < 1.29 is 15.7 Å². The van der Waals surface area contributed by atoms with Crippen LogP contribution < -0.4 is 0 Å². The average molecular weight is 668 g/mol. The van der Waals surface area contributed by atoms with Gasteiger partial charge in [-0.15, -0.1) is 0 Å². The molecule has 0 saturated carbocycles. The summed E-state index contributed by atoms with van der Waals surface area (Å²) in [5, 5.41) is 0. The molecule has 7 heteroatoms. The van der Waals surface area contributed by atoms with Gasteiger partial charge in [0.05, 0.1) is 0 Å². The van der Waals surface area contributed by atoms with Gasteiger partial charge in [-0.2, -0.15) is 0 Å². The van der Waals surface area contributed by atoms with E-state index in [0.29, 0.717) is 11.5 Å². The first-order valence-corrected chi connectivity index (χ1v) is 24.3. The van der Waals surface area contributed by atoms with Gasteiger partial charge in [-0.1, -0.05) is 13.8 Å². The first kappa shape index (κ1) is 37.4. The fraction of sp³-hybridized carbons (Fsp3) is 0.933. The SMILES string of the molecule is CCCCCCCCCSCC(=O)[O][Sn]([CH2]CCC)([CH2]CCC)[O]C(=O)CSCCCCCCCCC. The second-order valence-electron chi connectivity index (χ2n) is 10.4. The van der Waals surface area contributed by atoms with Crippen LogP contribution in [-0.4, -0.2) is 54.2 Å². The topological polar surface area (TPSA) is 52.6 Å². The molecular weight excluding hydrogens is 607 g/mol. The Hall–Kier alpha value is 0.439. The Morgan fingerprint density at radius 1 is 0.486 bits per heavy atom. The third-order valence-electron chi connectivity index (χ3n) is 6.65. The number of carbonyl (C=O) groups is 2. The molecule has 0 heterocycles. The molecule has 0 aliphatic heterocycles. The predicted molar refractivity (Wildman–Crippen MR) is 168 cm³/mol. The molecule has 0 N–H and O–H groups in total. The molecule has 0 aromatic rings. The third kappa shape index (κ3) is 24.0. The van der Waals surface area contributed by atoms with Crippen LogP contribution in [0, 0.1) is 0 Å². The summed E-state index contributed by atoms with van der Waals surface area (Å²) in [4.78, 5) is 25.6. The molecule has 0 rings (SSSR count). The Bertz CT molecular complexity index is 488. The first-order chi connectivity index (χ1) is 18.0. The van der Waals surface area contributed by atoms with Crippen LogP contribution in [-0.2, 0) is 15.7 Å². The van der Waals surface area contributed by atoms with Gasteiger partial charge in [-0.05, 0) is 0 Å². The molecule has 0 radical (unpaired) electrons. The molecular formula is C30H60O4S2Sn. The van der Waals surface area contributed by atoms with E-state index in [1.165, 1.54) is 77.0 Å². The minimum Gasteiger partial charge on any atom is -0.0654 e. The average Bonchev–Trinajstić information content (AvgIpc) is 2.88. The van der Waals surface area contributed by atoms with Crippen molar-refractivity contribution in [1.29, 1.82) is 0 Å². The molecule has 0 aromatic heterocycles. The van der Waals surface area contributed by atoms with Crippen molar-refractivity contribution in [3.63, 3.8) is 0 Å². The third-order valence-corrected chi connectivity index (χ3v) is 18.5. The van der Waals surface area contributed by atoms with Gasteiger partial charge in [-0.3, -0.25) is 0 Å². The molecule has 220 valence electrons. The van der Waals surface area contributed by atoms with Crippen molar-refractivity contribution in [2.45, 2.75) is 152 Å². The van der Waals surface area contributed by atoms with E-state index < -0.39 is 19.2 Å². The van der Waals surface area contributed by atoms with Crippen LogP contribution in [0.1, 0.15) is 143 Å². The van der Waals surface area contributed by atoms with Gasteiger partial charge in [0.1, 0.15) is 0 Å². The van der Waals surface area contributed by atoms with E-state index in [-0.39, 0.29) is 11.9 Å². The zero-order valence-corrected chi connectivity index (χ0v) is 29.4. The van der Waals surface area contributed by atoms with Gasteiger partial charge >= 0.3 is 232 Å². The molecule has 0 aliphatic rings. The monoisotopic (exact) mass is 668 g/mol. The van der Waals surface area contributed by atoms with Gasteiger partial charge in [0.2, 0.25) is 0 Å². The summed E-state index contributed by atoms with van der Waals surface area (Å²) in [6.45, 7) is 8.79. The van der Waals surface area contributed by atoms with E-state index in [2.05, 4.69) is 27.7 Å². The van der Waals surface area contributed by atoms with Crippen LogP contribution in [0.3, 0.4) is 0 Å². The second-order valence-corrected chi connectivity index (χ2v) is 21.8. The molecule has 37 heavy (non-hydrogen) atoms. The van der Waals surface area contributed by atoms with Crippen LogP contribution in [0.5, 0.6) is 0 Å². The number of hydrogen-bond acceptors (Lipinski definition) is 6. The zero-order valence-electron chi connectivity index (χ0n) is 24.9. The summed E-state index contributed by atoms with van der Waals surface area (Å²) in [7, 11) is 0. The van der Waals surface area contributed by atoms with Crippen LogP contribution >= 0.6 is 23.5 Å². The van der Waals surface area contributed by atoms with Crippen molar-refractivity contribution >= 4 is 54.7 Å². The van der Waals surface area contributed by atoms with Gasteiger partial charge in [0, 0.05) is 0 Å². The summed E-state index contributed by atoms with van der Waals surface area (Å²) in [5.74, 6) is 2.47. The predicted octanol–water partition coefficient (Wildman–Crippen LogP) is 10.1. The van der Waals surface area contributed by atoms with E-state index in [1.54, 1.807) is 23.5 Å². The normalized spacial score (nSPS) is 11.6. The van der Waals surface area contributed by atoms with E-state index in [1.807, 2.05) is 0 Å². The molecule has 0 aliphatic carbocycles. The molecule has 0 amide bonds. The number of unbranched alkanes of at least 4 members (excludes halogenated alkanes) is 14. The van der Waals surface area contributed by atoms with Crippen molar-refractivity contribution in [2.24, 2.45) is 0 Å². The summed E-state index contributed by atoms with van der Waals surface area (Å²) in [6.07, 6.45) is 22.0. The first-order valence-electron chi connectivity index (χ1n) is 15.6. The van der Waals surface area contributed by atoms with Crippen molar-refractivity contribution in [1.82, 2.24) is 0 Å². The minimum atomic E-state index is -3.79. The molecule has 0 aromatic carbocycles. The van der Waals surface area contributed by atoms with Crippen molar-refractivity contribution in [2.75, 3.05) is 23.0 Å². The quantitative estimate of drug-likeness (QED) is 0.0612. The summed E-state index contributed by atoms with van der Waals surface area (Å²) < 4.78 is 13.9. The van der Waals surface area contributed by atoms with Crippen molar-refractivity contribution in [3.05, 3.63) is 0 Å². The van der Waals surface area contributed by atoms with E-state index in [0.717, 1.165) is 58.9 Å². The van der Waals surface area contributed by atoms with Gasteiger partial charge < -0.3 is 0 Å². The summed E-state index contributed by atoms with van der Waals surface area (Å²) in [5.41, 5.74) is 0. The molecule has 0 atom stereocenters. The van der Waals surface area contributed by atoms with Crippen LogP contribution in [0.15, 0.2) is 0 Å². The van der Waals surface area contributed by atoms with Crippen LogP contribution in [0.2, 0.25) is 8.87 Å². The molecule has 4 nitrogen and oxygen atoms in total. The number of carbonyl (C=O) groups excluding carboxylic acids is 2. The Balaban J connectivity index is 4.49. The zero-order chi connectivity index (χ0) is 27.5. The molecule has 0 fully saturated rings. The minimum absolute atomic E-state index is 0.153. The smallest absolute Gasteiger partial charge is 0.0654 e. The Morgan fingerprint density at radius 3 is 1.16 bits per heavy atom. The number of rotatable bonds is 28. The standard InChI is InChI=1S/2C11H22O2S.2C4H9.Sn/c2*1-2-3-4-5-6-7-8-9-14-10-11(12)13;2*1-3-4-2;/h2*2-10H2,1H3,(H,12,13);2*1,3-4H2,2H3;/q;;;;+2/p-2. The maximum atomic E-state index is 12.8.